The maximum absolute atomic E-state index is 5.57. The third kappa shape index (κ3) is 5.02. The Kier molecular flexibility index (Phi) is 6.47. The van der Waals surface area contributed by atoms with E-state index < -0.39 is 0 Å². The first kappa shape index (κ1) is 18.8. The fourth-order valence-corrected chi connectivity index (χ4v) is 3.92. The smallest absolute Gasteiger partial charge is 0.190 e. The third-order valence-corrected chi connectivity index (χ3v) is 5.64. The number of hydrogen-bond donors (Lipinski definition) is 2. The van der Waals surface area contributed by atoms with Crippen LogP contribution in [0.3, 0.4) is 0 Å². The average Bonchev–Trinajstić information content (AvgIpc) is 3.53. The Balaban J connectivity index is 0.00000182. The van der Waals surface area contributed by atoms with E-state index in [1.165, 1.54) is 36.8 Å². The van der Waals surface area contributed by atoms with Crippen molar-refractivity contribution in [2.75, 3.05) is 26.7 Å². The SMILES string of the molecule is CN=C(NCCc1ccc2c(c1)CCO2)NCC(C1CC1)C1CC1.I. The van der Waals surface area contributed by atoms with Crippen LogP contribution in [0.1, 0.15) is 36.8 Å². The predicted octanol–water partition coefficient (Wildman–Crippen LogP) is 3.38. The zero-order chi connectivity index (χ0) is 16.4. The van der Waals surface area contributed by atoms with Gasteiger partial charge in [-0.3, -0.25) is 4.99 Å². The van der Waals surface area contributed by atoms with Crippen LogP contribution in [0, 0.1) is 17.8 Å². The molecule has 2 aliphatic carbocycles. The first-order valence-electron chi connectivity index (χ1n) is 9.52. The first-order chi connectivity index (χ1) is 11.8. The highest BCUT2D eigenvalue weighted by molar-refractivity contribution is 14.0. The normalized spacial score (nSPS) is 19.2. The van der Waals surface area contributed by atoms with Crippen molar-refractivity contribution in [1.82, 2.24) is 10.6 Å². The lowest BCUT2D eigenvalue weighted by Crippen LogP contribution is -2.41. The Bertz CT molecular complexity index is 599. The zero-order valence-electron chi connectivity index (χ0n) is 15.1. The summed E-state index contributed by atoms with van der Waals surface area (Å²) in [5.74, 6) is 4.86. The Labute approximate surface area is 168 Å². The molecule has 0 spiro atoms. The molecular formula is C20H30IN3O. The van der Waals surface area contributed by atoms with E-state index in [-0.39, 0.29) is 24.0 Å². The van der Waals surface area contributed by atoms with Crippen molar-refractivity contribution >= 4 is 29.9 Å². The molecule has 1 aliphatic heterocycles. The summed E-state index contributed by atoms with van der Waals surface area (Å²) in [5.41, 5.74) is 2.72. The van der Waals surface area contributed by atoms with Crippen molar-refractivity contribution in [3.8, 4) is 5.75 Å². The molecule has 1 aromatic rings. The highest BCUT2D eigenvalue weighted by Crippen LogP contribution is 2.48. The summed E-state index contributed by atoms with van der Waals surface area (Å²) in [7, 11) is 1.87. The second-order valence-electron chi connectivity index (χ2n) is 7.51. The standard InChI is InChI=1S/C20H29N3O.HI/c1-21-20(23-13-18(15-3-4-15)16-5-6-16)22-10-8-14-2-7-19-17(12-14)9-11-24-19;/h2,7,12,15-16,18H,3-6,8-11,13H2,1H3,(H2,21,22,23);1H. The maximum atomic E-state index is 5.57. The molecule has 0 atom stereocenters. The minimum atomic E-state index is 0. The first-order valence-corrected chi connectivity index (χ1v) is 9.52. The van der Waals surface area contributed by atoms with Gasteiger partial charge in [-0.1, -0.05) is 12.1 Å². The number of hydrogen-bond acceptors (Lipinski definition) is 2. The molecule has 0 radical (unpaired) electrons. The molecule has 4 nitrogen and oxygen atoms in total. The minimum absolute atomic E-state index is 0. The molecule has 0 saturated heterocycles. The van der Waals surface area contributed by atoms with Gasteiger partial charge in [-0.05, 0) is 67.1 Å². The van der Waals surface area contributed by atoms with Gasteiger partial charge >= 0.3 is 0 Å². The van der Waals surface area contributed by atoms with E-state index >= 15 is 0 Å². The zero-order valence-corrected chi connectivity index (χ0v) is 17.4. The van der Waals surface area contributed by atoms with Crippen molar-refractivity contribution in [2.24, 2.45) is 22.7 Å². The van der Waals surface area contributed by atoms with Crippen LogP contribution in [-0.4, -0.2) is 32.7 Å². The lowest BCUT2D eigenvalue weighted by Gasteiger charge is -2.18. The maximum Gasteiger partial charge on any atom is 0.190 e. The number of halogens is 1. The number of aliphatic imine (C=N–C) groups is 1. The molecular weight excluding hydrogens is 425 g/mol. The van der Waals surface area contributed by atoms with Gasteiger partial charge in [0.1, 0.15) is 5.75 Å². The molecule has 2 saturated carbocycles. The van der Waals surface area contributed by atoms with Gasteiger partial charge in [0, 0.05) is 26.6 Å². The fourth-order valence-electron chi connectivity index (χ4n) is 3.92. The largest absolute Gasteiger partial charge is 0.493 e. The summed E-state index contributed by atoms with van der Waals surface area (Å²) in [6.45, 7) is 2.83. The third-order valence-electron chi connectivity index (χ3n) is 5.64. The summed E-state index contributed by atoms with van der Waals surface area (Å²) in [5, 5.41) is 7.03. The number of fused-ring (bicyclic) bond motifs is 1. The number of ether oxygens (including phenoxy) is 1. The van der Waals surface area contributed by atoms with Crippen molar-refractivity contribution in [3.63, 3.8) is 0 Å². The van der Waals surface area contributed by atoms with E-state index in [4.69, 9.17) is 4.74 Å². The lowest BCUT2D eigenvalue weighted by molar-refractivity contribution is 0.357. The van der Waals surface area contributed by atoms with E-state index in [1.54, 1.807) is 0 Å². The molecule has 138 valence electrons. The summed E-state index contributed by atoms with van der Waals surface area (Å²) in [6.07, 6.45) is 7.83. The van der Waals surface area contributed by atoms with Gasteiger partial charge in [-0.25, -0.2) is 0 Å². The van der Waals surface area contributed by atoms with E-state index in [1.807, 2.05) is 7.05 Å². The minimum Gasteiger partial charge on any atom is -0.493 e. The Morgan fingerprint density at radius 3 is 2.64 bits per heavy atom. The molecule has 1 aromatic carbocycles. The van der Waals surface area contributed by atoms with E-state index in [2.05, 4.69) is 33.8 Å². The van der Waals surface area contributed by atoms with Gasteiger partial charge in [0.2, 0.25) is 0 Å². The lowest BCUT2D eigenvalue weighted by atomic mass is 9.98. The quantitative estimate of drug-likeness (QED) is 0.377. The molecule has 0 unspecified atom stereocenters. The second kappa shape index (κ2) is 8.60. The monoisotopic (exact) mass is 455 g/mol. The van der Waals surface area contributed by atoms with Crippen LogP contribution in [0.4, 0.5) is 0 Å². The predicted molar refractivity (Wildman–Crippen MR) is 113 cm³/mol. The molecule has 1 heterocycles. The van der Waals surface area contributed by atoms with E-state index in [0.29, 0.717) is 0 Å². The van der Waals surface area contributed by atoms with Gasteiger partial charge in [0.15, 0.2) is 5.96 Å². The van der Waals surface area contributed by atoms with Crippen LogP contribution in [0.2, 0.25) is 0 Å². The van der Waals surface area contributed by atoms with Crippen molar-refractivity contribution < 1.29 is 4.74 Å². The van der Waals surface area contributed by atoms with Gasteiger partial charge in [-0.2, -0.15) is 0 Å². The topological polar surface area (TPSA) is 45.7 Å². The Morgan fingerprint density at radius 2 is 1.96 bits per heavy atom. The molecule has 5 heteroatoms. The molecule has 3 aliphatic rings. The highest BCUT2D eigenvalue weighted by atomic mass is 127. The summed E-state index contributed by atoms with van der Waals surface area (Å²) in [4.78, 5) is 4.38. The molecule has 0 bridgehead atoms. The number of guanidine groups is 1. The number of nitrogens with zero attached hydrogens (tertiary/aromatic N) is 1. The molecule has 0 aromatic heterocycles. The summed E-state index contributed by atoms with van der Waals surface area (Å²) < 4.78 is 5.57. The van der Waals surface area contributed by atoms with Crippen LogP contribution in [-0.2, 0) is 12.8 Å². The van der Waals surface area contributed by atoms with Crippen LogP contribution < -0.4 is 15.4 Å². The summed E-state index contributed by atoms with van der Waals surface area (Å²) >= 11 is 0. The van der Waals surface area contributed by atoms with Crippen LogP contribution >= 0.6 is 24.0 Å². The van der Waals surface area contributed by atoms with E-state index in [0.717, 1.165) is 62.0 Å². The van der Waals surface area contributed by atoms with Crippen molar-refractivity contribution in [3.05, 3.63) is 29.3 Å². The molecule has 4 rings (SSSR count). The molecule has 2 N–H and O–H groups in total. The Hall–Kier alpha value is -0.980. The molecule has 25 heavy (non-hydrogen) atoms. The van der Waals surface area contributed by atoms with Gasteiger partial charge in [0.25, 0.3) is 0 Å². The number of nitrogens with one attached hydrogen (secondary N) is 2. The average molecular weight is 455 g/mol. The molecule has 0 amide bonds. The molecule has 2 fully saturated rings. The van der Waals surface area contributed by atoms with Crippen LogP contribution in [0.15, 0.2) is 23.2 Å². The highest BCUT2D eigenvalue weighted by Gasteiger charge is 2.41. The van der Waals surface area contributed by atoms with E-state index in [9.17, 15) is 0 Å². The van der Waals surface area contributed by atoms with Gasteiger partial charge < -0.3 is 15.4 Å². The van der Waals surface area contributed by atoms with Crippen LogP contribution in [0.25, 0.3) is 0 Å². The Morgan fingerprint density at radius 1 is 1.20 bits per heavy atom. The van der Waals surface area contributed by atoms with Crippen molar-refractivity contribution in [2.45, 2.75) is 38.5 Å². The number of benzene rings is 1. The van der Waals surface area contributed by atoms with Crippen molar-refractivity contribution in [1.29, 1.82) is 0 Å². The fraction of sp³-hybridized carbons (Fsp3) is 0.650. The van der Waals surface area contributed by atoms with Gasteiger partial charge in [-0.15, -0.1) is 24.0 Å². The van der Waals surface area contributed by atoms with Crippen LogP contribution in [0.5, 0.6) is 5.75 Å². The van der Waals surface area contributed by atoms with Gasteiger partial charge in [0.05, 0.1) is 6.61 Å². The summed E-state index contributed by atoms with van der Waals surface area (Å²) in [6, 6.07) is 6.58. The second-order valence-corrected chi connectivity index (χ2v) is 7.51. The number of rotatable bonds is 7.